The Hall–Kier alpha value is -2.24. The normalized spacial score (nSPS) is 13.2. The first-order chi connectivity index (χ1) is 11.2. The summed E-state index contributed by atoms with van der Waals surface area (Å²) in [5, 5.41) is 18.5. The highest BCUT2D eigenvalue weighted by Crippen LogP contribution is 2.36. The molecular weight excluding hydrogens is 330 g/mol. The summed E-state index contributed by atoms with van der Waals surface area (Å²) >= 11 is 2.90. The molecule has 0 aromatic carbocycles. The Morgan fingerprint density at radius 3 is 2.96 bits per heavy atom. The van der Waals surface area contributed by atoms with Crippen LogP contribution in [0.2, 0.25) is 0 Å². The zero-order valence-corrected chi connectivity index (χ0v) is 13.9. The van der Waals surface area contributed by atoms with Crippen LogP contribution in [0.15, 0.2) is 27.1 Å². The minimum atomic E-state index is -0.00139. The Morgan fingerprint density at radius 2 is 2.22 bits per heavy atom. The second-order valence-electron chi connectivity index (χ2n) is 5.27. The van der Waals surface area contributed by atoms with Crippen LogP contribution in [0, 0.1) is 11.3 Å². The fourth-order valence-electron chi connectivity index (χ4n) is 2.72. The van der Waals surface area contributed by atoms with Gasteiger partial charge in [-0.05, 0) is 48.7 Å². The SMILES string of the molecule is Cn1c(Sc2ccc(C#N)nn2)nc2sc3c(c2c1=O)CCC3. The second kappa shape index (κ2) is 5.44. The van der Waals surface area contributed by atoms with Gasteiger partial charge in [0.2, 0.25) is 0 Å². The molecule has 3 aromatic heterocycles. The molecule has 1 aliphatic rings. The quantitative estimate of drug-likeness (QED) is 0.665. The predicted molar refractivity (Wildman–Crippen MR) is 87.8 cm³/mol. The Kier molecular flexibility index (Phi) is 3.39. The highest BCUT2D eigenvalue weighted by atomic mass is 32.2. The number of nitriles is 1. The fourth-order valence-corrected chi connectivity index (χ4v) is 4.80. The average molecular weight is 341 g/mol. The van der Waals surface area contributed by atoms with Gasteiger partial charge >= 0.3 is 0 Å². The molecule has 0 fully saturated rings. The van der Waals surface area contributed by atoms with Crippen molar-refractivity contribution in [1.82, 2.24) is 19.7 Å². The molecule has 114 valence electrons. The third-order valence-electron chi connectivity index (χ3n) is 3.86. The lowest BCUT2D eigenvalue weighted by atomic mass is 10.2. The molecule has 1 aliphatic carbocycles. The van der Waals surface area contributed by atoms with Crippen molar-refractivity contribution in [1.29, 1.82) is 5.26 Å². The zero-order valence-electron chi connectivity index (χ0n) is 12.2. The highest BCUT2D eigenvalue weighted by molar-refractivity contribution is 7.99. The van der Waals surface area contributed by atoms with E-state index in [0.717, 1.165) is 29.5 Å². The van der Waals surface area contributed by atoms with Crippen molar-refractivity contribution in [2.24, 2.45) is 7.05 Å². The van der Waals surface area contributed by atoms with Crippen molar-refractivity contribution in [3.63, 3.8) is 0 Å². The molecule has 8 heteroatoms. The summed E-state index contributed by atoms with van der Waals surface area (Å²) in [6, 6.07) is 5.24. The lowest BCUT2D eigenvalue weighted by molar-refractivity contribution is 0.725. The van der Waals surface area contributed by atoms with Gasteiger partial charge in [0.15, 0.2) is 10.9 Å². The number of rotatable bonds is 2. The topological polar surface area (TPSA) is 84.5 Å². The number of fused-ring (bicyclic) bond motifs is 3. The van der Waals surface area contributed by atoms with Crippen LogP contribution in [-0.2, 0) is 19.9 Å². The van der Waals surface area contributed by atoms with Crippen LogP contribution in [0.1, 0.15) is 22.6 Å². The smallest absolute Gasteiger partial charge is 0.262 e. The van der Waals surface area contributed by atoms with Gasteiger partial charge in [-0.2, -0.15) is 5.26 Å². The third-order valence-corrected chi connectivity index (χ3v) is 6.02. The fraction of sp³-hybridized carbons (Fsp3) is 0.267. The number of nitrogens with zero attached hydrogens (tertiary/aromatic N) is 5. The van der Waals surface area contributed by atoms with Gasteiger partial charge < -0.3 is 0 Å². The van der Waals surface area contributed by atoms with Crippen molar-refractivity contribution in [3.8, 4) is 6.07 Å². The summed E-state index contributed by atoms with van der Waals surface area (Å²) in [7, 11) is 1.73. The number of aromatic nitrogens is 4. The molecule has 0 saturated carbocycles. The molecule has 0 spiro atoms. The molecule has 23 heavy (non-hydrogen) atoms. The Labute approximate surface area is 139 Å². The van der Waals surface area contributed by atoms with Gasteiger partial charge in [0.05, 0.1) is 5.39 Å². The average Bonchev–Trinajstić information content (AvgIpc) is 3.13. The van der Waals surface area contributed by atoms with E-state index in [1.165, 1.54) is 22.2 Å². The monoisotopic (exact) mass is 341 g/mol. The van der Waals surface area contributed by atoms with E-state index < -0.39 is 0 Å². The summed E-state index contributed by atoms with van der Waals surface area (Å²) in [5.74, 6) is 0. The van der Waals surface area contributed by atoms with Gasteiger partial charge in [-0.3, -0.25) is 9.36 Å². The summed E-state index contributed by atoms with van der Waals surface area (Å²) in [6.07, 6.45) is 3.14. The summed E-state index contributed by atoms with van der Waals surface area (Å²) in [6.45, 7) is 0. The standard InChI is InChI=1S/C15H11N5OS2/c1-20-14(21)12-9-3-2-4-10(9)22-13(12)17-15(20)23-11-6-5-8(7-16)18-19-11/h5-6H,2-4H2,1H3. The number of aryl methyl sites for hydroxylation is 2. The van der Waals surface area contributed by atoms with Crippen LogP contribution in [0.25, 0.3) is 10.2 Å². The van der Waals surface area contributed by atoms with Crippen LogP contribution in [-0.4, -0.2) is 19.7 Å². The van der Waals surface area contributed by atoms with E-state index in [-0.39, 0.29) is 11.3 Å². The first-order valence-corrected chi connectivity index (χ1v) is 8.73. The lowest BCUT2D eigenvalue weighted by Gasteiger charge is -2.06. The van der Waals surface area contributed by atoms with Crippen LogP contribution in [0.5, 0.6) is 0 Å². The van der Waals surface area contributed by atoms with Crippen molar-refractivity contribution in [2.75, 3.05) is 0 Å². The second-order valence-corrected chi connectivity index (χ2v) is 7.34. The van der Waals surface area contributed by atoms with Crippen LogP contribution < -0.4 is 5.56 Å². The van der Waals surface area contributed by atoms with Gasteiger partial charge in [-0.1, -0.05) is 0 Å². The summed E-state index contributed by atoms with van der Waals surface area (Å²) < 4.78 is 1.57. The Morgan fingerprint density at radius 1 is 1.35 bits per heavy atom. The molecule has 0 atom stereocenters. The van der Waals surface area contributed by atoms with E-state index in [1.807, 2.05) is 6.07 Å². The van der Waals surface area contributed by atoms with E-state index >= 15 is 0 Å². The molecule has 0 N–H and O–H groups in total. The van der Waals surface area contributed by atoms with Crippen molar-refractivity contribution in [2.45, 2.75) is 29.4 Å². The minimum absolute atomic E-state index is 0.00139. The molecule has 3 heterocycles. The molecule has 0 bridgehead atoms. The zero-order chi connectivity index (χ0) is 16.0. The first-order valence-electron chi connectivity index (χ1n) is 7.10. The van der Waals surface area contributed by atoms with Crippen molar-refractivity contribution < 1.29 is 0 Å². The Balaban J connectivity index is 1.80. The highest BCUT2D eigenvalue weighted by Gasteiger charge is 2.22. The molecule has 6 nitrogen and oxygen atoms in total. The van der Waals surface area contributed by atoms with Crippen LogP contribution >= 0.6 is 23.1 Å². The molecule has 0 radical (unpaired) electrons. The molecule has 0 aliphatic heterocycles. The summed E-state index contributed by atoms with van der Waals surface area (Å²) in [5.41, 5.74) is 1.45. The van der Waals surface area contributed by atoms with E-state index in [2.05, 4.69) is 15.2 Å². The molecule has 4 rings (SSSR count). The lowest BCUT2D eigenvalue weighted by Crippen LogP contribution is -2.20. The van der Waals surface area contributed by atoms with Gasteiger partial charge in [-0.25, -0.2) is 4.98 Å². The van der Waals surface area contributed by atoms with Gasteiger partial charge in [-0.15, -0.1) is 21.5 Å². The third kappa shape index (κ3) is 2.33. The predicted octanol–water partition coefficient (Wildman–Crippen LogP) is 2.30. The Bertz CT molecular complexity index is 1010. The maximum absolute atomic E-state index is 12.7. The number of thiophene rings is 1. The van der Waals surface area contributed by atoms with Crippen molar-refractivity contribution >= 4 is 33.3 Å². The molecule has 3 aromatic rings. The van der Waals surface area contributed by atoms with Crippen LogP contribution in [0.4, 0.5) is 0 Å². The number of hydrogen-bond acceptors (Lipinski definition) is 7. The van der Waals surface area contributed by atoms with Crippen LogP contribution in [0.3, 0.4) is 0 Å². The van der Waals surface area contributed by atoms with Gasteiger partial charge in [0.25, 0.3) is 5.56 Å². The van der Waals surface area contributed by atoms with E-state index in [1.54, 1.807) is 35.1 Å². The van der Waals surface area contributed by atoms with Crippen molar-refractivity contribution in [3.05, 3.63) is 38.6 Å². The van der Waals surface area contributed by atoms with Gasteiger partial charge in [0, 0.05) is 11.9 Å². The first kappa shape index (κ1) is 14.4. The van der Waals surface area contributed by atoms with E-state index in [4.69, 9.17) is 5.26 Å². The molecular formula is C15H11N5OS2. The maximum atomic E-state index is 12.7. The maximum Gasteiger partial charge on any atom is 0.262 e. The molecule has 0 amide bonds. The van der Waals surface area contributed by atoms with E-state index in [9.17, 15) is 4.79 Å². The van der Waals surface area contributed by atoms with E-state index in [0.29, 0.717) is 10.2 Å². The molecule has 0 saturated heterocycles. The largest absolute Gasteiger partial charge is 0.290 e. The molecule has 0 unspecified atom stereocenters. The minimum Gasteiger partial charge on any atom is -0.290 e. The van der Waals surface area contributed by atoms with Gasteiger partial charge in [0.1, 0.15) is 15.9 Å². The number of hydrogen-bond donors (Lipinski definition) is 0. The summed E-state index contributed by atoms with van der Waals surface area (Å²) in [4.78, 5) is 19.4.